The molecular weight excluding hydrogens is 236 g/mol. The molecule has 3 nitrogen and oxygen atoms in total. The molecule has 0 saturated carbocycles. The number of benzene rings is 1. The quantitative estimate of drug-likeness (QED) is 0.884. The first-order valence-corrected chi connectivity index (χ1v) is 6.73. The van der Waals surface area contributed by atoms with Gasteiger partial charge < -0.3 is 5.32 Å². The van der Waals surface area contributed by atoms with Gasteiger partial charge in [-0.25, -0.2) is 17.2 Å². The Kier molecular flexibility index (Phi) is 3.85. The molecule has 0 aromatic heterocycles. The number of rotatable bonds is 4. The van der Waals surface area contributed by atoms with Crippen LogP contribution in [-0.2, 0) is 9.84 Å². The second-order valence-electron chi connectivity index (χ2n) is 3.61. The third kappa shape index (κ3) is 3.44. The van der Waals surface area contributed by atoms with Crippen molar-refractivity contribution in [2.75, 3.05) is 23.9 Å². The molecule has 0 spiro atoms. The summed E-state index contributed by atoms with van der Waals surface area (Å²) in [5.41, 5.74) is 0.0342. The lowest BCUT2D eigenvalue weighted by Crippen LogP contribution is -2.15. The molecule has 0 radical (unpaired) electrons. The van der Waals surface area contributed by atoms with Gasteiger partial charge in [0.2, 0.25) is 0 Å². The van der Waals surface area contributed by atoms with Gasteiger partial charge in [-0.05, 0) is 18.6 Å². The summed E-state index contributed by atoms with van der Waals surface area (Å²) in [6.07, 6.45) is 1.07. The van der Waals surface area contributed by atoms with Gasteiger partial charge in [-0.15, -0.1) is 0 Å². The zero-order valence-corrected chi connectivity index (χ0v) is 9.87. The van der Waals surface area contributed by atoms with E-state index in [2.05, 4.69) is 5.32 Å². The second-order valence-corrected chi connectivity index (χ2v) is 5.87. The minimum Gasteiger partial charge on any atom is -0.379 e. The van der Waals surface area contributed by atoms with Crippen molar-refractivity contribution >= 4 is 15.5 Å². The molecule has 0 aliphatic carbocycles. The number of hydrogen-bond acceptors (Lipinski definition) is 3. The van der Waals surface area contributed by atoms with Crippen LogP contribution in [0.25, 0.3) is 0 Å². The Balaban J connectivity index is 2.78. The average Bonchev–Trinajstić information content (AvgIpc) is 2.16. The van der Waals surface area contributed by atoms with Crippen LogP contribution in [-0.4, -0.2) is 27.0 Å². The van der Waals surface area contributed by atoms with Gasteiger partial charge in [-0.3, -0.25) is 0 Å². The molecule has 0 bridgehead atoms. The van der Waals surface area contributed by atoms with Crippen LogP contribution in [0.1, 0.15) is 5.56 Å². The maximum absolute atomic E-state index is 13.4. The minimum atomic E-state index is -3.14. The van der Waals surface area contributed by atoms with Crippen LogP contribution in [0, 0.1) is 18.6 Å². The summed E-state index contributed by atoms with van der Waals surface area (Å²) < 4.78 is 48.3. The largest absolute Gasteiger partial charge is 0.379 e. The molecule has 6 heteroatoms. The fourth-order valence-corrected chi connectivity index (χ4v) is 1.65. The van der Waals surface area contributed by atoms with E-state index in [0.29, 0.717) is 5.56 Å². The summed E-state index contributed by atoms with van der Waals surface area (Å²) in [4.78, 5) is 0. The van der Waals surface area contributed by atoms with Crippen molar-refractivity contribution < 1.29 is 17.2 Å². The van der Waals surface area contributed by atoms with Gasteiger partial charge in [-0.2, -0.15) is 0 Å². The summed E-state index contributed by atoms with van der Waals surface area (Å²) >= 11 is 0. The lowest BCUT2D eigenvalue weighted by atomic mass is 10.2. The predicted octanol–water partition coefficient (Wildman–Crippen LogP) is 1.73. The van der Waals surface area contributed by atoms with Crippen molar-refractivity contribution in [3.63, 3.8) is 0 Å². The summed E-state index contributed by atoms with van der Waals surface area (Å²) in [6.45, 7) is 1.49. The molecule has 1 rings (SSSR count). The van der Waals surface area contributed by atoms with Gasteiger partial charge in [0.1, 0.15) is 21.3 Å². The lowest BCUT2D eigenvalue weighted by molar-refractivity contribution is 0.581. The molecule has 0 atom stereocenters. The van der Waals surface area contributed by atoms with Crippen LogP contribution >= 0.6 is 0 Å². The molecule has 0 heterocycles. The number of halogens is 2. The van der Waals surface area contributed by atoms with E-state index >= 15 is 0 Å². The lowest BCUT2D eigenvalue weighted by Gasteiger charge is -2.09. The van der Waals surface area contributed by atoms with Crippen molar-refractivity contribution in [2.45, 2.75) is 6.92 Å². The van der Waals surface area contributed by atoms with E-state index < -0.39 is 21.5 Å². The van der Waals surface area contributed by atoms with Crippen molar-refractivity contribution in [3.05, 3.63) is 29.3 Å². The Hall–Kier alpha value is -1.17. The van der Waals surface area contributed by atoms with Gasteiger partial charge in [0.15, 0.2) is 5.82 Å². The van der Waals surface area contributed by atoms with Crippen LogP contribution in [0.15, 0.2) is 12.1 Å². The van der Waals surface area contributed by atoms with Crippen molar-refractivity contribution in [3.8, 4) is 0 Å². The molecule has 16 heavy (non-hydrogen) atoms. The number of sulfone groups is 1. The number of hydrogen-bond donors (Lipinski definition) is 1. The Morgan fingerprint density at radius 3 is 2.50 bits per heavy atom. The summed E-state index contributed by atoms with van der Waals surface area (Å²) in [6, 6.07) is 2.47. The van der Waals surface area contributed by atoms with Gasteiger partial charge in [0.25, 0.3) is 0 Å². The molecular formula is C10H13F2NO2S. The summed E-state index contributed by atoms with van der Waals surface area (Å²) in [5, 5.41) is 2.45. The van der Waals surface area contributed by atoms with Crippen molar-refractivity contribution in [1.82, 2.24) is 0 Å². The molecule has 90 valence electrons. The van der Waals surface area contributed by atoms with E-state index in [1.807, 2.05) is 0 Å². The Morgan fingerprint density at radius 1 is 1.31 bits per heavy atom. The summed E-state index contributed by atoms with van der Waals surface area (Å²) in [5.74, 6) is -1.58. The van der Waals surface area contributed by atoms with Crippen LogP contribution < -0.4 is 5.32 Å². The van der Waals surface area contributed by atoms with E-state index in [1.54, 1.807) is 0 Å². The molecule has 0 aliphatic heterocycles. The summed E-state index contributed by atoms with van der Waals surface area (Å²) in [7, 11) is -3.14. The maximum atomic E-state index is 13.4. The highest BCUT2D eigenvalue weighted by molar-refractivity contribution is 7.90. The van der Waals surface area contributed by atoms with Gasteiger partial charge in [0, 0.05) is 12.8 Å². The minimum absolute atomic E-state index is 0.0177. The second kappa shape index (κ2) is 4.78. The molecule has 0 unspecified atom stereocenters. The molecule has 0 amide bonds. The predicted molar refractivity (Wildman–Crippen MR) is 59.3 cm³/mol. The van der Waals surface area contributed by atoms with Gasteiger partial charge >= 0.3 is 0 Å². The highest BCUT2D eigenvalue weighted by Crippen LogP contribution is 2.21. The molecule has 0 aliphatic rings. The number of anilines is 1. The van der Waals surface area contributed by atoms with E-state index in [-0.39, 0.29) is 18.0 Å². The number of aryl methyl sites for hydroxylation is 1. The fraction of sp³-hybridized carbons (Fsp3) is 0.400. The Bertz CT molecular complexity index is 486. The molecule has 1 N–H and O–H groups in total. The molecule has 1 aromatic rings. The first kappa shape index (κ1) is 12.9. The molecule has 0 saturated heterocycles. The fourth-order valence-electron chi connectivity index (χ4n) is 1.18. The molecule has 1 aromatic carbocycles. The SMILES string of the molecule is Cc1ccc(F)c(NCCS(C)(=O)=O)c1F. The average molecular weight is 249 g/mol. The normalized spacial score (nSPS) is 11.5. The van der Waals surface area contributed by atoms with Gasteiger partial charge in [0.05, 0.1) is 5.75 Å². The van der Waals surface area contributed by atoms with Crippen LogP contribution in [0.2, 0.25) is 0 Å². The highest BCUT2D eigenvalue weighted by atomic mass is 32.2. The smallest absolute Gasteiger partial charge is 0.152 e. The third-order valence-corrected chi connectivity index (χ3v) is 3.00. The van der Waals surface area contributed by atoms with E-state index in [4.69, 9.17) is 0 Å². The Morgan fingerprint density at radius 2 is 1.94 bits per heavy atom. The zero-order chi connectivity index (χ0) is 12.3. The first-order chi connectivity index (χ1) is 7.31. The standard InChI is InChI=1S/C10H13F2NO2S/c1-7-3-4-8(11)10(9(7)12)13-5-6-16(2,14)15/h3-4,13H,5-6H2,1-2H3. The van der Waals surface area contributed by atoms with Crippen LogP contribution in [0.5, 0.6) is 0 Å². The highest BCUT2D eigenvalue weighted by Gasteiger charge is 2.11. The van der Waals surface area contributed by atoms with E-state index in [0.717, 1.165) is 12.3 Å². The van der Waals surface area contributed by atoms with Gasteiger partial charge in [-0.1, -0.05) is 6.07 Å². The van der Waals surface area contributed by atoms with Crippen LogP contribution in [0.3, 0.4) is 0 Å². The topological polar surface area (TPSA) is 46.2 Å². The van der Waals surface area contributed by atoms with E-state index in [1.165, 1.54) is 13.0 Å². The third-order valence-electron chi connectivity index (χ3n) is 2.06. The molecule has 0 fully saturated rings. The van der Waals surface area contributed by atoms with Crippen molar-refractivity contribution in [2.24, 2.45) is 0 Å². The van der Waals surface area contributed by atoms with Crippen LogP contribution in [0.4, 0.5) is 14.5 Å². The maximum Gasteiger partial charge on any atom is 0.152 e. The number of nitrogens with one attached hydrogen (secondary N) is 1. The van der Waals surface area contributed by atoms with Crippen molar-refractivity contribution in [1.29, 1.82) is 0 Å². The Labute approximate surface area is 93.4 Å². The monoisotopic (exact) mass is 249 g/mol. The first-order valence-electron chi connectivity index (χ1n) is 4.67. The van der Waals surface area contributed by atoms with E-state index in [9.17, 15) is 17.2 Å². The zero-order valence-electron chi connectivity index (χ0n) is 9.05.